The van der Waals surface area contributed by atoms with Gasteiger partial charge in [0, 0.05) is 0 Å². The quantitative estimate of drug-likeness (QED) is 0.841. The lowest BCUT2D eigenvalue weighted by Gasteiger charge is -2.07. The van der Waals surface area contributed by atoms with Gasteiger partial charge < -0.3 is 9.84 Å². The van der Waals surface area contributed by atoms with Crippen LogP contribution in [0.1, 0.15) is 21.5 Å². The third kappa shape index (κ3) is 2.88. The SMILES string of the molecule is Cc1ccccc1COC(=O)c1ccc(O)cc1. The molecule has 92 valence electrons. The Kier molecular flexibility index (Phi) is 3.63. The summed E-state index contributed by atoms with van der Waals surface area (Å²) in [5.41, 5.74) is 2.52. The summed E-state index contributed by atoms with van der Waals surface area (Å²) in [4.78, 5) is 11.7. The molecule has 0 saturated carbocycles. The number of ether oxygens (including phenoxy) is 1. The molecule has 3 heteroatoms. The van der Waals surface area contributed by atoms with Gasteiger partial charge in [-0.15, -0.1) is 0 Å². The molecule has 0 spiro atoms. The predicted octanol–water partition coefficient (Wildman–Crippen LogP) is 3.06. The number of carbonyl (C=O) groups is 1. The van der Waals surface area contributed by atoms with Gasteiger partial charge in [0.25, 0.3) is 0 Å². The second kappa shape index (κ2) is 5.36. The van der Waals surface area contributed by atoms with Crippen LogP contribution in [0.15, 0.2) is 48.5 Å². The average Bonchev–Trinajstić information content (AvgIpc) is 2.38. The Balaban J connectivity index is 2.01. The number of aryl methyl sites for hydroxylation is 1. The average molecular weight is 242 g/mol. The second-order valence-corrected chi connectivity index (χ2v) is 4.05. The zero-order valence-corrected chi connectivity index (χ0v) is 10.1. The van der Waals surface area contributed by atoms with Crippen molar-refractivity contribution in [3.05, 3.63) is 65.2 Å². The first-order valence-electron chi connectivity index (χ1n) is 5.67. The Morgan fingerprint density at radius 1 is 1.11 bits per heavy atom. The molecular formula is C15H14O3. The van der Waals surface area contributed by atoms with Crippen LogP contribution in [0.5, 0.6) is 5.75 Å². The van der Waals surface area contributed by atoms with Crippen LogP contribution in [0.2, 0.25) is 0 Å². The minimum absolute atomic E-state index is 0.130. The maximum absolute atomic E-state index is 11.7. The standard InChI is InChI=1S/C15H14O3/c1-11-4-2-3-5-13(11)10-18-15(17)12-6-8-14(16)9-7-12/h2-9,16H,10H2,1H3. The normalized spacial score (nSPS) is 10.1. The summed E-state index contributed by atoms with van der Waals surface area (Å²) < 4.78 is 5.21. The van der Waals surface area contributed by atoms with Crippen molar-refractivity contribution in [1.29, 1.82) is 0 Å². The minimum atomic E-state index is -0.391. The summed E-state index contributed by atoms with van der Waals surface area (Å²) in [7, 11) is 0. The molecule has 0 radical (unpaired) electrons. The van der Waals surface area contributed by atoms with Crippen LogP contribution in [-0.2, 0) is 11.3 Å². The molecule has 2 aromatic rings. The summed E-state index contributed by atoms with van der Waals surface area (Å²) in [5.74, 6) is -0.260. The van der Waals surface area contributed by atoms with Crippen LogP contribution in [-0.4, -0.2) is 11.1 Å². The van der Waals surface area contributed by atoms with Crippen molar-refractivity contribution >= 4 is 5.97 Å². The maximum Gasteiger partial charge on any atom is 0.338 e. The van der Waals surface area contributed by atoms with Crippen molar-refractivity contribution in [2.45, 2.75) is 13.5 Å². The van der Waals surface area contributed by atoms with Crippen molar-refractivity contribution < 1.29 is 14.6 Å². The number of carbonyl (C=O) groups excluding carboxylic acids is 1. The maximum atomic E-state index is 11.7. The first-order valence-corrected chi connectivity index (χ1v) is 5.67. The van der Waals surface area contributed by atoms with Gasteiger partial charge in [-0.3, -0.25) is 0 Å². The summed E-state index contributed by atoms with van der Waals surface area (Å²) in [5, 5.41) is 9.13. The number of benzene rings is 2. The van der Waals surface area contributed by atoms with Gasteiger partial charge in [0.1, 0.15) is 12.4 Å². The van der Waals surface area contributed by atoms with Crippen molar-refractivity contribution in [2.75, 3.05) is 0 Å². The van der Waals surface area contributed by atoms with Crippen LogP contribution in [0, 0.1) is 6.92 Å². The van der Waals surface area contributed by atoms with Gasteiger partial charge in [-0.2, -0.15) is 0 Å². The Labute approximate surface area is 106 Å². The van der Waals surface area contributed by atoms with Crippen LogP contribution >= 0.6 is 0 Å². The van der Waals surface area contributed by atoms with E-state index in [-0.39, 0.29) is 12.4 Å². The van der Waals surface area contributed by atoms with Crippen LogP contribution < -0.4 is 0 Å². The molecule has 0 aliphatic carbocycles. The number of rotatable bonds is 3. The van der Waals surface area contributed by atoms with E-state index in [2.05, 4.69) is 0 Å². The summed E-state index contributed by atoms with van der Waals surface area (Å²) >= 11 is 0. The Morgan fingerprint density at radius 3 is 2.44 bits per heavy atom. The highest BCUT2D eigenvalue weighted by molar-refractivity contribution is 5.89. The van der Waals surface area contributed by atoms with E-state index in [0.29, 0.717) is 5.56 Å². The van der Waals surface area contributed by atoms with Gasteiger partial charge >= 0.3 is 5.97 Å². The predicted molar refractivity (Wildman–Crippen MR) is 68.4 cm³/mol. The van der Waals surface area contributed by atoms with Gasteiger partial charge in [0.05, 0.1) is 5.56 Å². The molecule has 2 aromatic carbocycles. The van der Waals surface area contributed by atoms with Gasteiger partial charge in [-0.25, -0.2) is 4.79 Å². The first-order chi connectivity index (χ1) is 8.66. The van der Waals surface area contributed by atoms with E-state index in [1.165, 1.54) is 24.3 Å². The molecular weight excluding hydrogens is 228 g/mol. The fraction of sp³-hybridized carbons (Fsp3) is 0.133. The molecule has 2 rings (SSSR count). The van der Waals surface area contributed by atoms with Crippen LogP contribution in [0.4, 0.5) is 0 Å². The molecule has 3 nitrogen and oxygen atoms in total. The van der Waals surface area contributed by atoms with E-state index >= 15 is 0 Å². The van der Waals surface area contributed by atoms with Gasteiger partial charge in [0.15, 0.2) is 0 Å². The number of aromatic hydroxyl groups is 1. The molecule has 0 saturated heterocycles. The Hall–Kier alpha value is -2.29. The minimum Gasteiger partial charge on any atom is -0.508 e. The number of phenols is 1. The van der Waals surface area contributed by atoms with Crippen molar-refractivity contribution in [2.24, 2.45) is 0 Å². The molecule has 0 aliphatic rings. The lowest BCUT2D eigenvalue weighted by molar-refractivity contribution is 0.0472. The van der Waals surface area contributed by atoms with Crippen LogP contribution in [0.25, 0.3) is 0 Å². The molecule has 18 heavy (non-hydrogen) atoms. The van der Waals surface area contributed by atoms with E-state index in [4.69, 9.17) is 9.84 Å². The Morgan fingerprint density at radius 2 is 1.78 bits per heavy atom. The fourth-order valence-corrected chi connectivity index (χ4v) is 1.60. The molecule has 0 heterocycles. The van der Waals surface area contributed by atoms with E-state index in [0.717, 1.165) is 11.1 Å². The molecule has 0 bridgehead atoms. The number of hydrogen-bond acceptors (Lipinski definition) is 3. The molecule has 0 aliphatic heterocycles. The first kappa shape index (κ1) is 12.2. The van der Waals surface area contributed by atoms with E-state index in [9.17, 15) is 4.79 Å². The molecule has 1 N–H and O–H groups in total. The summed E-state index contributed by atoms with van der Waals surface area (Å²) in [6, 6.07) is 13.8. The molecule has 0 unspecified atom stereocenters. The third-order valence-electron chi connectivity index (χ3n) is 2.72. The van der Waals surface area contributed by atoms with Gasteiger partial charge in [0.2, 0.25) is 0 Å². The monoisotopic (exact) mass is 242 g/mol. The highest BCUT2D eigenvalue weighted by atomic mass is 16.5. The van der Waals surface area contributed by atoms with Crippen molar-refractivity contribution in [3.63, 3.8) is 0 Å². The van der Waals surface area contributed by atoms with Gasteiger partial charge in [-0.05, 0) is 42.3 Å². The lowest BCUT2D eigenvalue weighted by Crippen LogP contribution is -2.05. The highest BCUT2D eigenvalue weighted by Gasteiger charge is 2.07. The zero-order valence-electron chi connectivity index (χ0n) is 10.1. The second-order valence-electron chi connectivity index (χ2n) is 4.05. The molecule has 0 fully saturated rings. The highest BCUT2D eigenvalue weighted by Crippen LogP contribution is 2.13. The van der Waals surface area contributed by atoms with Crippen molar-refractivity contribution in [3.8, 4) is 5.75 Å². The number of hydrogen-bond donors (Lipinski definition) is 1. The molecule has 0 amide bonds. The molecule has 0 aromatic heterocycles. The van der Waals surface area contributed by atoms with Crippen molar-refractivity contribution in [1.82, 2.24) is 0 Å². The largest absolute Gasteiger partial charge is 0.508 e. The fourth-order valence-electron chi connectivity index (χ4n) is 1.60. The number of esters is 1. The topological polar surface area (TPSA) is 46.5 Å². The smallest absolute Gasteiger partial charge is 0.338 e. The number of phenolic OH excluding ortho intramolecular Hbond substituents is 1. The third-order valence-corrected chi connectivity index (χ3v) is 2.72. The lowest BCUT2D eigenvalue weighted by atomic mass is 10.1. The Bertz CT molecular complexity index is 544. The summed E-state index contributed by atoms with van der Waals surface area (Å²) in [6.45, 7) is 2.23. The summed E-state index contributed by atoms with van der Waals surface area (Å²) in [6.07, 6.45) is 0. The van der Waals surface area contributed by atoms with E-state index < -0.39 is 5.97 Å². The zero-order chi connectivity index (χ0) is 13.0. The molecule has 0 atom stereocenters. The van der Waals surface area contributed by atoms with E-state index in [1.807, 2.05) is 31.2 Å². The van der Waals surface area contributed by atoms with E-state index in [1.54, 1.807) is 0 Å². The van der Waals surface area contributed by atoms with Gasteiger partial charge in [-0.1, -0.05) is 24.3 Å². The van der Waals surface area contributed by atoms with Crippen LogP contribution in [0.3, 0.4) is 0 Å².